The van der Waals surface area contributed by atoms with Gasteiger partial charge in [-0.1, -0.05) is 0 Å². The van der Waals surface area contributed by atoms with Gasteiger partial charge in [0.15, 0.2) is 11.2 Å². The Labute approximate surface area is 145 Å². The molecule has 0 aliphatic carbocycles. The lowest BCUT2D eigenvalue weighted by Crippen LogP contribution is -2.37. The standard InChI is InChI=1S/C16H13N5O5/c1-20-14-13(15(25)21(2)16(20)26)18-9-4-3-8(7-10(9)19-14)17-11(22)5-6-12(23)24/h3-7H,1-2H3,(H,17,22)(H,23,24). The minimum Gasteiger partial charge on any atom is -0.478 e. The number of amides is 1. The topological polar surface area (TPSA) is 136 Å². The molecule has 0 spiro atoms. The molecule has 0 atom stereocenters. The van der Waals surface area contributed by atoms with Crippen molar-refractivity contribution in [3.63, 3.8) is 0 Å². The predicted octanol–water partition coefficient (Wildman–Crippen LogP) is -0.240. The fourth-order valence-electron chi connectivity index (χ4n) is 2.39. The summed E-state index contributed by atoms with van der Waals surface area (Å²) in [5.41, 5.74) is 0.240. The van der Waals surface area contributed by atoms with Gasteiger partial charge in [0.05, 0.1) is 11.0 Å². The molecule has 132 valence electrons. The van der Waals surface area contributed by atoms with Gasteiger partial charge in [-0.2, -0.15) is 0 Å². The minimum absolute atomic E-state index is 0.0586. The number of carbonyl (C=O) groups excluding carboxylic acids is 1. The molecule has 2 N–H and O–H groups in total. The van der Waals surface area contributed by atoms with Crippen molar-refractivity contribution in [1.29, 1.82) is 0 Å². The molecule has 0 bridgehead atoms. The molecular weight excluding hydrogens is 342 g/mol. The van der Waals surface area contributed by atoms with Crippen LogP contribution >= 0.6 is 0 Å². The second-order valence-corrected chi connectivity index (χ2v) is 5.47. The van der Waals surface area contributed by atoms with E-state index < -0.39 is 23.1 Å². The second-order valence-electron chi connectivity index (χ2n) is 5.47. The zero-order valence-electron chi connectivity index (χ0n) is 13.8. The molecule has 26 heavy (non-hydrogen) atoms. The van der Waals surface area contributed by atoms with Gasteiger partial charge >= 0.3 is 11.7 Å². The van der Waals surface area contributed by atoms with Gasteiger partial charge in [-0.25, -0.2) is 19.6 Å². The van der Waals surface area contributed by atoms with Crippen LogP contribution in [0.2, 0.25) is 0 Å². The molecule has 0 unspecified atom stereocenters. The number of nitrogens with zero attached hydrogens (tertiary/aromatic N) is 4. The smallest absolute Gasteiger partial charge is 0.332 e. The Morgan fingerprint density at radius 1 is 1.08 bits per heavy atom. The highest BCUT2D eigenvalue weighted by molar-refractivity contribution is 6.03. The Hall–Kier alpha value is -3.82. The van der Waals surface area contributed by atoms with Crippen LogP contribution in [0.25, 0.3) is 22.2 Å². The summed E-state index contributed by atoms with van der Waals surface area (Å²) >= 11 is 0. The van der Waals surface area contributed by atoms with Crippen LogP contribution in [-0.4, -0.2) is 36.1 Å². The van der Waals surface area contributed by atoms with Crippen molar-refractivity contribution in [1.82, 2.24) is 19.1 Å². The van der Waals surface area contributed by atoms with Crippen LogP contribution in [0.1, 0.15) is 0 Å². The number of aryl methyl sites for hydroxylation is 1. The SMILES string of the molecule is Cn1c(=O)c2nc3ccc(NC(=O)C=CC(=O)O)cc3nc2n(C)c1=O. The normalized spacial score (nSPS) is 11.3. The molecule has 10 nitrogen and oxygen atoms in total. The van der Waals surface area contributed by atoms with Crippen LogP contribution in [0.3, 0.4) is 0 Å². The van der Waals surface area contributed by atoms with Crippen LogP contribution in [0.4, 0.5) is 5.69 Å². The molecule has 0 saturated heterocycles. The van der Waals surface area contributed by atoms with E-state index in [-0.39, 0.29) is 11.2 Å². The number of nitrogens with one attached hydrogen (secondary N) is 1. The third-order valence-corrected chi connectivity index (χ3v) is 3.69. The van der Waals surface area contributed by atoms with Gasteiger partial charge in [0.25, 0.3) is 5.56 Å². The van der Waals surface area contributed by atoms with Gasteiger partial charge in [-0.05, 0) is 18.2 Å². The average Bonchev–Trinajstić information content (AvgIpc) is 2.61. The highest BCUT2D eigenvalue weighted by Gasteiger charge is 2.13. The average molecular weight is 355 g/mol. The number of anilines is 1. The predicted molar refractivity (Wildman–Crippen MR) is 92.9 cm³/mol. The van der Waals surface area contributed by atoms with E-state index in [0.717, 1.165) is 16.7 Å². The first-order valence-corrected chi connectivity index (χ1v) is 7.37. The fraction of sp³-hybridized carbons (Fsp3) is 0.125. The van der Waals surface area contributed by atoms with Gasteiger partial charge in [-0.15, -0.1) is 0 Å². The Balaban J connectivity index is 2.12. The maximum atomic E-state index is 12.2. The number of hydrogen-bond donors (Lipinski definition) is 2. The number of aliphatic carboxylic acids is 1. The second kappa shape index (κ2) is 6.24. The van der Waals surface area contributed by atoms with Gasteiger partial charge in [0.2, 0.25) is 5.91 Å². The van der Waals surface area contributed by atoms with Crippen molar-refractivity contribution in [3.8, 4) is 0 Å². The van der Waals surface area contributed by atoms with E-state index in [0.29, 0.717) is 16.7 Å². The lowest BCUT2D eigenvalue weighted by atomic mass is 10.2. The van der Waals surface area contributed by atoms with Crippen LogP contribution in [0.15, 0.2) is 39.9 Å². The van der Waals surface area contributed by atoms with Crippen molar-refractivity contribution >= 4 is 39.8 Å². The van der Waals surface area contributed by atoms with Crippen LogP contribution < -0.4 is 16.6 Å². The van der Waals surface area contributed by atoms with E-state index in [1.54, 1.807) is 12.1 Å². The zero-order chi connectivity index (χ0) is 19.0. The minimum atomic E-state index is -1.24. The number of rotatable bonds is 3. The van der Waals surface area contributed by atoms with Crippen molar-refractivity contribution in [2.45, 2.75) is 0 Å². The molecule has 3 aromatic rings. The molecular formula is C16H13N5O5. The van der Waals surface area contributed by atoms with E-state index in [1.165, 1.54) is 24.7 Å². The first-order valence-electron chi connectivity index (χ1n) is 7.37. The lowest BCUT2D eigenvalue weighted by Gasteiger charge is -2.08. The third-order valence-electron chi connectivity index (χ3n) is 3.69. The molecule has 0 fully saturated rings. The Morgan fingerprint density at radius 2 is 1.81 bits per heavy atom. The number of carboxylic acid groups (broad SMARTS) is 1. The van der Waals surface area contributed by atoms with Crippen LogP contribution in [0, 0.1) is 0 Å². The summed E-state index contributed by atoms with van der Waals surface area (Å²) < 4.78 is 2.16. The fourth-order valence-corrected chi connectivity index (χ4v) is 2.39. The molecule has 3 rings (SSSR count). The van der Waals surface area contributed by atoms with E-state index >= 15 is 0 Å². The number of hydrogen-bond acceptors (Lipinski definition) is 6. The largest absolute Gasteiger partial charge is 0.478 e. The van der Waals surface area contributed by atoms with Gasteiger partial charge in [0.1, 0.15) is 0 Å². The lowest BCUT2D eigenvalue weighted by molar-refractivity contribution is -0.131. The van der Waals surface area contributed by atoms with Crippen molar-refractivity contribution in [3.05, 3.63) is 51.2 Å². The number of fused-ring (bicyclic) bond motifs is 2. The number of carbonyl (C=O) groups is 2. The van der Waals surface area contributed by atoms with Gasteiger partial charge < -0.3 is 10.4 Å². The van der Waals surface area contributed by atoms with E-state index in [4.69, 9.17) is 5.11 Å². The maximum absolute atomic E-state index is 12.2. The monoisotopic (exact) mass is 355 g/mol. The zero-order valence-corrected chi connectivity index (χ0v) is 13.8. The summed E-state index contributed by atoms with van der Waals surface area (Å²) in [5, 5.41) is 11.0. The van der Waals surface area contributed by atoms with E-state index in [2.05, 4.69) is 15.3 Å². The first-order chi connectivity index (χ1) is 12.3. The van der Waals surface area contributed by atoms with Crippen molar-refractivity contribution in [2.24, 2.45) is 14.1 Å². The van der Waals surface area contributed by atoms with Gasteiger partial charge in [-0.3, -0.25) is 18.7 Å². The Kier molecular flexibility index (Phi) is 4.08. The molecule has 0 aliphatic rings. The number of aromatic nitrogens is 4. The van der Waals surface area contributed by atoms with Gasteiger partial charge in [0, 0.05) is 31.9 Å². The highest BCUT2D eigenvalue weighted by atomic mass is 16.4. The molecule has 2 heterocycles. The molecule has 1 amide bonds. The summed E-state index contributed by atoms with van der Waals surface area (Å²) in [5.74, 6) is -1.86. The van der Waals surface area contributed by atoms with Crippen LogP contribution in [-0.2, 0) is 23.7 Å². The Bertz CT molecular complexity index is 1220. The van der Waals surface area contributed by atoms with E-state index in [9.17, 15) is 19.2 Å². The summed E-state index contributed by atoms with van der Waals surface area (Å²) in [6.45, 7) is 0. The molecule has 0 saturated carbocycles. The van der Waals surface area contributed by atoms with Crippen molar-refractivity contribution in [2.75, 3.05) is 5.32 Å². The first kappa shape index (κ1) is 17.0. The van der Waals surface area contributed by atoms with E-state index in [1.807, 2.05) is 0 Å². The third kappa shape index (κ3) is 2.95. The molecule has 1 aromatic carbocycles. The number of benzene rings is 1. The quantitative estimate of drug-likeness (QED) is 0.489. The Morgan fingerprint density at radius 3 is 2.50 bits per heavy atom. The molecule has 0 aliphatic heterocycles. The highest BCUT2D eigenvalue weighted by Crippen LogP contribution is 2.18. The molecule has 0 radical (unpaired) electrons. The summed E-state index contributed by atoms with van der Waals surface area (Å²) in [6, 6.07) is 4.61. The summed E-state index contributed by atoms with van der Waals surface area (Å²) in [6.07, 6.45) is 1.60. The van der Waals surface area contributed by atoms with Crippen LogP contribution in [0.5, 0.6) is 0 Å². The molecule has 10 heteroatoms. The number of carboxylic acids is 1. The maximum Gasteiger partial charge on any atom is 0.332 e. The molecule has 2 aromatic heterocycles. The summed E-state index contributed by atoms with van der Waals surface area (Å²) in [4.78, 5) is 54.9. The summed E-state index contributed by atoms with van der Waals surface area (Å²) in [7, 11) is 2.84. The van der Waals surface area contributed by atoms with Crippen molar-refractivity contribution < 1.29 is 14.7 Å².